The number of rotatable bonds is 3. The van der Waals surface area contributed by atoms with Gasteiger partial charge in [-0.1, -0.05) is 0 Å². The lowest BCUT2D eigenvalue weighted by Crippen LogP contribution is -2.41. The van der Waals surface area contributed by atoms with Crippen LogP contribution >= 0.6 is 0 Å². The molecule has 16 heavy (non-hydrogen) atoms. The summed E-state index contributed by atoms with van der Waals surface area (Å²) in [6.07, 6.45) is -4.71. The van der Waals surface area contributed by atoms with Gasteiger partial charge in [0, 0.05) is 13.1 Å². The zero-order chi connectivity index (χ0) is 12.6. The third kappa shape index (κ3) is 2.85. The lowest BCUT2D eigenvalue weighted by atomic mass is 10.1. The highest BCUT2D eigenvalue weighted by Gasteiger charge is 2.48. The van der Waals surface area contributed by atoms with E-state index in [4.69, 9.17) is 5.11 Å². The van der Waals surface area contributed by atoms with Gasteiger partial charge in [-0.05, 0) is 6.42 Å². The van der Waals surface area contributed by atoms with E-state index < -0.39 is 34.6 Å². The van der Waals surface area contributed by atoms with Crippen LogP contribution in [0, 0.1) is 5.92 Å². The van der Waals surface area contributed by atoms with Gasteiger partial charge in [-0.3, -0.25) is 4.79 Å². The van der Waals surface area contributed by atoms with Gasteiger partial charge in [0.15, 0.2) is 5.92 Å². The fourth-order valence-corrected chi connectivity index (χ4v) is 2.96. The lowest BCUT2D eigenvalue weighted by Gasteiger charge is -2.21. The monoisotopic (exact) mass is 261 g/mol. The number of carboxylic acids is 1. The normalized spacial score (nSPS) is 23.2. The van der Waals surface area contributed by atoms with Gasteiger partial charge < -0.3 is 5.11 Å². The summed E-state index contributed by atoms with van der Waals surface area (Å²) < 4.78 is 59.8. The van der Waals surface area contributed by atoms with Crippen LogP contribution in [0.1, 0.15) is 6.42 Å². The molecule has 0 amide bonds. The maximum Gasteiger partial charge on any atom is 0.403 e. The number of halogens is 3. The maximum atomic E-state index is 12.3. The third-order valence-corrected chi connectivity index (χ3v) is 4.21. The minimum atomic E-state index is -4.94. The molecule has 1 rings (SSSR count). The SMILES string of the molecule is O=C(O)C(CN1CCCS1(=O)=O)C(F)(F)F. The molecular weight excluding hydrogens is 251 g/mol. The standard InChI is InChI=1S/C7H10F3NO4S/c8-7(9,10)5(6(12)13)4-11-2-1-3-16(11,14)15/h5H,1-4H2,(H,12,13). The topological polar surface area (TPSA) is 74.7 Å². The summed E-state index contributed by atoms with van der Waals surface area (Å²) in [5.41, 5.74) is 0. The zero-order valence-electron chi connectivity index (χ0n) is 8.07. The molecule has 1 heterocycles. The van der Waals surface area contributed by atoms with Crippen LogP contribution in [0.3, 0.4) is 0 Å². The molecular formula is C7H10F3NO4S. The smallest absolute Gasteiger partial charge is 0.403 e. The van der Waals surface area contributed by atoms with Crippen LogP contribution in [0.25, 0.3) is 0 Å². The molecule has 1 saturated heterocycles. The second-order valence-electron chi connectivity index (χ2n) is 3.46. The van der Waals surface area contributed by atoms with Crippen LogP contribution in [-0.2, 0) is 14.8 Å². The average molecular weight is 261 g/mol. The van der Waals surface area contributed by atoms with Crippen molar-refractivity contribution in [3.05, 3.63) is 0 Å². The van der Waals surface area contributed by atoms with Gasteiger partial charge in [0.05, 0.1) is 5.75 Å². The Labute approximate surface area is 89.9 Å². The minimum Gasteiger partial charge on any atom is -0.481 e. The molecule has 1 aliphatic heterocycles. The summed E-state index contributed by atoms with van der Waals surface area (Å²) >= 11 is 0. The Kier molecular flexibility index (Phi) is 3.48. The van der Waals surface area contributed by atoms with Gasteiger partial charge in [-0.2, -0.15) is 13.2 Å². The Morgan fingerprint density at radius 2 is 2.00 bits per heavy atom. The molecule has 1 N–H and O–H groups in total. The Hall–Kier alpha value is -0.830. The number of sulfonamides is 1. The molecule has 0 aliphatic carbocycles. The molecule has 0 spiro atoms. The molecule has 1 aliphatic rings. The fourth-order valence-electron chi connectivity index (χ4n) is 1.42. The van der Waals surface area contributed by atoms with Crippen LogP contribution < -0.4 is 0 Å². The first kappa shape index (κ1) is 13.2. The fraction of sp³-hybridized carbons (Fsp3) is 0.857. The number of hydrogen-bond donors (Lipinski definition) is 1. The average Bonchev–Trinajstić information content (AvgIpc) is 2.38. The van der Waals surface area contributed by atoms with E-state index in [2.05, 4.69) is 0 Å². The summed E-state index contributed by atoms with van der Waals surface area (Å²) in [7, 11) is -3.71. The largest absolute Gasteiger partial charge is 0.481 e. The summed E-state index contributed by atoms with van der Waals surface area (Å²) in [4.78, 5) is 10.4. The molecule has 0 aromatic rings. The van der Waals surface area contributed by atoms with Gasteiger partial charge in [0.25, 0.3) is 0 Å². The van der Waals surface area contributed by atoms with Crippen molar-refractivity contribution in [2.45, 2.75) is 12.6 Å². The van der Waals surface area contributed by atoms with Crippen molar-refractivity contribution in [1.29, 1.82) is 0 Å². The van der Waals surface area contributed by atoms with E-state index in [1.54, 1.807) is 0 Å². The van der Waals surface area contributed by atoms with Crippen LogP contribution in [0.4, 0.5) is 13.2 Å². The van der Waals surface area contributed by atoms with Gasteiger partial charge in [0.2, 0.25) is 10.0 Å². The first-order chi connectivity index (χ1) is 7.14. The van der Waals surface area contributed by atoms with Crippen LogP contribution in [0.5, 0.6) is 0 Å². The summed E-state index contributed by atoms with van der Waals surface area (Å²) in [6.45, 7) is -1.09. The first-order valence-corrected chi connectivity index (χ1v) is 6.03. The second-order valence-corrected chi connectivity index (χ2v) is 5.55. The maximum absolute atomic E-state index is 12.3. The van der Waals surface area contributed by atoms with E-state index in [1.165, 1.54) is 0 Å². The highest BCUT2D eigenvalue weighted by Crippen LogP contribution is 2.29. The Balaban J connectivity index is 2.82. The molecule has 1 unspecified atom stereocenters. The number of aliphatic carboxylic acids is 1. The van der Waals surface area contributed by atoms with Gasteiger partial charge in [-0.15, -0.1) is 0 Å². The Morgan fingerprint density at radius 3 is 2.31 bits per heavy atom. The number of carbonyl (C=O) groups is 1. The molecule has 0 bridgehead atoms. The summed E-state index contributed by atoms with van der Waals surface area (Å²) in [5.74, 6) is -4.95. The minimum absolute atomic E-state index is 0.0534. The second kappa shape index (κ2) is 4.21. The van der Waals surface area contributed by atoms with E-state index in [0.29, 0.717) is 4.31 Å². The molecule has 1 atom stereocenters. The van der Waals surface area contributed by atoms with Crippen molar-refractivity contribution >= 4 is 16.0 Å². The summed E-state index contributed by atoms with van der Waals surface area (Å²) in [5, 5.41) is 8.40. The quantitative estimate of drug-likeness (QED) is 0.792. The van der Waals surface area contributed by atoms with Crippen molar-refractivity contribution in [2.75, 3.05) is 18.8 Å². The van der Waals surface area contributed by atoms with Crippen molar-refractivity contribution in [3.8, 4) is 0 Å². The molecule has 94 valence electrons. The van der Waals surface area contributed by atoms with Crippen molar-refractivity contribution in [2.24, 2.45) is 5.92 Å². The molecule has 0 aromatic heterocycles. The van der Waals surface area contributed by atoms with Crippen molar-refractivity contribution in [1.82, 2.24) is 4.31 Å². The number of alkyl halides is 3. The number of nitrogens with zero attached hydrogens (tertiary/aromatic N) is 1. The van der Waals surface area contributed by atoms with Crippen molar-refractivity contribution < 1.29 is 31.5 Å². The third-order valence-electron chi connectivity index (χ3n) is 2.28. The highest BCUT2D eigenvalue weighted by atomic mass is 32.2. The summed E-state index contributed by atoms with van der Waals surface area (Å²) in [6, 6.07) is 0. The molecule has 0 aromatic carbocycles. The van der Waals surface area contributed by atoms with Crippen LogP contribution in [-0.4, -0.2) is 48.8 Å². The molecule has 0 saturated carbocycles. The van der Waals surface area contributed by atoms with E-state index >= 15 is 0 Å². The predicted octanol–water partition coefficient (Wildman–Crippen LogP) is 0.285. The van der Waals surface area contributed by atoms with E-state index in [0.717, 1.165) is 0 Å². The number of carboxylic acid groups (broad SMARTS) is 1. The molecule has 1 fully saturated rings. The van der Waals surface area contributed by atoms with E-state index in [9.17, 15) is 26.4 Å². The predicted molar refractivity (Wildman–Crippen MR) is 47.2 cm³/mol. The Morgan fingerprint density at radius 1 is 1.44 bits per heavy atom. The Bertz CT molecular complexity index is 378. The van der Waals surface area contributed by atoms with E-state index in [1.807, 2.05) is 0 Å². The van der Waals surface area contributed by atoms with Gasteiger partial charge in [-0.25, -0.2) is 12.7 Å². The number of hydrogen-bond acceptors (Lipinski definition) is 3. The lowest BCUT2D eigenvalue weighted by molar-refractivity contribution is -0.194. The molecule has 5 nitrogen and oxygen atoms in total. The van der Waals surface area contributed by atoms with E-state index in [-0.39, 0.29) is 18.7 Å². The highest BCUT2D eigenvalue weighted by molar-refractivity contribution is 7.89. The molecule has 9 heteroatoms. The van der Waals surface area contributed by atoms with Gasteiger partial charge >= 0.3 is 12.1 Å². The zero-order valence-corrected chi connectivity index (χ0v) is 8.88. The van der Waals surface area contributed by atoms with Crippen LogP contribution in [0.15, 0.2) is 0 Å². The van der Waals surface area contributed by atoms with Crippen LogP contribution in [0.2, 0.25) is 0 Å². The van der Waals surface area contributed by atoms with Crippen molar-refractivity contribution in [3.63, 3.8) is 0 Å². The van der Waals surface area contributed by atoms with Gasteiger partial charge in [0.1, 0.15) is 0 Å². The first-order valence-electron chi connectivity index (χ1n) is 4.42. The molecule has 0 radical (unpaired) electrons.